The van der Waals surface area contributed by atoms with Crippen molar-refractivity contribution in [3.63, 3.8) is 0 Å². The number of benzene rings is 1. The Morgan fingerprint density at radius 2 is 2.12 bits per heavy atom. The zero-order valence-corrected chi connectivity index (χ0v) is 16.0. The molecule has 2 heterocycles. The van der Waals surface area contributed by atoms with Crippen LogP contribution < -0.4 is 5.32 Å². The van der Waals surface area contributed by atoms with Crippen LogP contribution in [0, 0.1) is 0 Å². The average molecular weight is 410 g/mol. The number of carbonyl (C=O) groups is 2. The van der Waals surface area contributed by atoms with Gasteiger partial charge in [-0.25, -0.2) is 4.98 Å². The molecule has 0 saturated carbocycles. The second-order valence-corrected chi connectivity index (χ2v) is 8.03. The Morgan fingerprint density at radius 3 is 2.80 bits per heavy atom. The van der Waals surface area contributed by atoms with E-state index in [-0.39, 0.29) is 24.8 Å². The molecule has 0 atom stereocenters. The fourth-order valence-electron chi connectivity index (χ4n) is 2.08. The SMILES string of the molecule is O=C(CCN1C(=O)/C(=C\c2ccc(Cl)cc2)SC1=S)Nc1nccs1. The van der Waals surface area contributed by atoms with Gasteiger partial charge in [0.05, 0.1) is 4.91 Å². The lowest BCUT2D eigenvalue weighted by Gasteiger charge is -2.13. The van der Waals surface area contributed by atoms with Crippen LogP contribution in [0.5, 0.6) is 0 Å². The molecular formula is C16H12ClN3O2S3. The molecule has 1 aromatic carbocycles. The summed E-state index contributed by atoms with van der Waals surface area (Å²) in [6, 6.07) is 7.18. The van der Waals surface area contributed by atoms with E-state index in [0.29, 0.717) is 19.4 Å². The van der Waals surface area contributed by atoms with Crippen molar-refractivity contribution in [3.8, 4) is 0 Å². The van der Waals surface area contributed by atoms with Gasteiger partial charge in [0.2, 0.25) is 5.91 Å². The number of thioether (sulfide) groups is 1. The van der Waals surface area contributed by atoms with E-state index in [1.54, 1.807) is 29.8 Å². The van der Waals surface area contributed by atoms with Gasteiger partial charge >= 0.3 is 0 Å². The van der Waals surface area contributed by atoms with Gasteiger partial charge in [-0.2, -0.15) is 0 Å². The lowest BCUT2D eigenvalue weighted by Crippen LogP contribution is -2.31. The summed E-state index contributed by atoms with van der Waals surface area (Å²) < 4.78 is 0.451. The van der Waals surface area contributed by atoms with Crippen LogP contribution >= 0.6 is 46.9 Å². The number of nitrogens with one attached hydrogen (secondary N) is 1. The average Bonchev–Trinajstić information content (AvgIpc) is 3.17. The molecule has 0 spiro atoms. The molecule has 1 saturated heterocycles. The van der Waals surface area contributed by atoms with Crippen molar-refractivity contribution < 1.29 is 9.59 Å². The van der Waals surface area contributed by atoms with Crippen LogP contribution in [-0.2, 0) is 9.59 Å². The topological polar surface area (TPSA) is 62.3 Å². The first-order valence-corrected chi connectivity index (χ1v) is 9.71. The van der Waals surface area contributed by atoms with E-state index in [9.17, 15) is 9.59 Å². The smallest absolute Gasteiger partial charge is 0.266 e. The zero-order valence-electron chi connectivity index (χ0n) is 12.8. The molecule has 128 valence electrons. The van der Waals surface area contributed by atoms with Gasteiger partial charge in [-0.05, 0) is 23.8 Å². The number of anilines is 1. The standard InChI is InChI=1S/C16H12ClN3O2S3/c17-11-3-1-10(2-4-11)9-12-14(22)20(16(23)25-12)7-5-13(21)19-15-18-6-8-24-15/h1-4,6,8-9H,5,7H2,(H,18,19,21)/b12-9+. The summed E-state index contributed by atoms with van der Waals surface area (Å²) in [5, 5.41) is 5.64. The van der Waals surface area contributed by atoms with E-state index >= 15 is 0 Å². The van der Waals surface area contributed by atoms with Crippen LogP contribution in [0.3, 0.4) is 0 Å². The van der Waals surface area contributed by atoms with E-state index in [2.05, 4.69) is 10.3 Å². The molecule has 2 amide bonds. The summed E-state index contributed by atoms with van der Waals surface area (Å²) in [5.41, 5.74) is 0.867. The first-order valence-electron chi connectivity index (χ1n) is 7.23. The van der Waals surface area contributed by atoms with Gasteiger partial charge in [0.25, 0.3) is 5.91 Å². The van der Waals surface area contributed by atoms with Gasteiger partial charge in [0.1, 0.15) is 4.32 Å². The van der Waals surface area contributed by atoms with Crippen molar-refractivity contribution in [1.82, 2.24) is 9.88 Å². The molecule has 0 aliphatic carbocycles. The lowest BCUT2D eigenvalue weighted by molar-refractivity contribution is -0.122. The maximum Gasteiger partial charge on any atom is 0.266 e. The van der Waals surface area contributed by atoms with Crippen LogP contribution in [0.2, 0.25) is 5.02 Å². The Balaban J connectivity index is 1.61. The molecule has 3 rings (SSSR count). The molecule has 1 N–H and O–H groups in total. The number of aromatic nitrogens is 1. The molecule has 0 unspecified atom stereocenters. The normalized spacial score (nSPS) is 15.9. The van der Waals surface area contributed by atoms with Crippen LogP contribution in [0.4, 0.5) is 5.13 Å². The molecule has 0 radical (unpaired) electrons. The van der Waals surface area contributed by atoms with Gasteiger partial charge in [-0.15, -0.1) is 11.3 Å². The van der Waals surface area contributed by atoms with Crippen molar-refractivity contribution in [2.45, 2.75) is 6.42 Å². The number of hydrogen-bond acceptors (Lipinski definition) is 6. The van der Waals surface area contributed by atoms with Crippen molar-refractivity contribution in [2.75, 3.05) is 11.9 Å². The van der Waals surface area contributed by atoms with Crippen molar-refractivity contribution in [1.29, 1.82) is 0 Å². The third kappa shape index (κ3) is 4.66. The summed E-state index contributed by atoms with van der Waals surface area (Å²) in [6.07, 6.45) is 3.54. The minimum Gasteiger partial charge on any atom is -0.302 e. The first kappa shape index (κ1) is 18.1. The Labute approximate surface area is 163 Å². The van der Waals surface area contributed by atoms with E-state index in [1.807, 2.05) is 12.1 Å². The Hall–Kier alpha value is -1.74. The fraction of sp³-hybridized carbons (Fsp3) is 0.125. The lowest BCUT2D eigenvalue weighted by atomic mass is 10.2. The second kappa shape index (κ2) is 8.09. The zero-order chi connectivity index (χ0) is 17.8. The van der Waals surface area contributed by atoms with E-state index < -0.39 is 0 Å². The summed E-state index contributed by atoms with van der Waals surface area (Å²) in [5.74, 6) is -0.391. The molecule has 1 aromatic heterocycles. The van der Waals surface area contributed by atoms with Crippen molar-refractivity contribution in [2.24, 2.45) is 0 Å². The maximum absolute atomic E-state index is 12.5. The maximum atomic E-state index is 12.5. The molecule has 9 heteroatoms. The molecule has 1 fully saturated rings. The highest BCUT2D eigenvalue weighted by Gasteiger charge is 2.32. The van der Waals surface area contributed by atoms with Crippen LogP contribution in [0.1, 0.15) is 12.0 Å². The van der Waals surface area contributed by atoms with Gasteiger partial charge in [0, 0.05) is 29.6 Å². The van der Waals surface area contributed by atoms with Gasteiger partial charge < -0.3 is 5.32 Å². The predicted molar refractivity (Wildman–Crippen MR) is 107 cm³/mol. The third-order valence-corrected chi connectivity index (χ3v) is 5.60. The number of rotatable bonds is 5. The van der Waals surface area contributed by atoms with E-state index in [1.165, 1.54) is 28.0 Å². The molecule has 2 aromatic rings. The fourth-order valence-corrected chi connectivity index (χ4v) is 4.06. The number of thiazole rings is 1. The van der Waals surface area contributed by atoms with Crippen LogP contribution in [-0.4, -0.2) is 32.6 Å². The van der Waals surface area contributed by atoms with Crippen LogP contribution in [0.25, 0.3) is 6.08 Å². The number of halogens is 1. The number of carbonyl (C=O) groups excluding carboxylic acids is 2. The number of hydrogen-bond donors (Lipinski definition) is 1. The molecule has 0 bridgehead atoms. The molecule has 5 nitrogen and oxygen atoms in total. The number of thiocarbonyl (C=S) groups is 1. The third-order valence-electron chi connectivity index (χ3n) is 3.28. The van der Waals surface area contributed by atoms with E-state index in [4.69, 9.17) is 23.8 Å². The Kier molecular flexibility index (Phi) is 5.85. The quantitative estimate of drug-likeness (QED) is 0.596. The van der Waals surface area contributed by atoms with Crippen molar-refractivity contribution >= 4 is 74.3 Å². The summed E-state index contributed by atoms with van der Waals surface area (Å²) in [6.45, 7) is 0.236. The highest BCUT2D eigenvalue weighted by molar-refractivity contribution is 8.26. The molecular weight excluding hydrogens is 398 g/mol. The Bertz CT molecular complexity index is 835. The second-order valence-electron chi connectivity index (χ2n) is 5.02. The monoisotopic (exact) mass is 409 g/mol. The van der Waals surface area contributed by atoms with E-state index in [0.717, 1.165) is 5.56 Å². The number of nitrogens with zero attached hydrogens (tertiary/aromatic N) is 2. The molecule has 25 heavy (non-hydrogen) atoms. The van der Waals surface area contributed by atoms with Crippen molar-refractivity contribution in [3.05, 3.63) is 51.3 Å². The summed E-state index contributed by atoms with van der Waals surface area (Å²) in [7, 11) is 0. The summed E-state index contributed by atoms with van der Waals surface area (Å²) in [4.78, 5) is 30.4. The van der Waals surface area contributed by atoms with Gasteiger partial charge in [-0.3, -0.25) is 14.5 Å². The first-order chi connectivity index (χ1) is 12.0. The minimum absolute atomic E-state index is 0.153. The number of amides is 2. The largest absolute Gasteiger partial charge is 0.302 e. The summed E-state index contributed by atoms with van der Waals surface area (Å²) >= 11 is 13.7. The molecule has 1 aliphatic heterocycles. The van der Waals surface area contributed by atoms with Crippen LogP contribution in [0.15, 0.2) is 40.7 Å². The Morgan fingerprint density at radius 1 is 1.36 bits per heavy atom. The van der Waals surface area contributed by atoms with Gasteiger partial charge in [-0.1, -0.05) is 47.7 Å². The van der Waals surface area contributed by atoms with Gasteiger partial charge in [0.15, 0.2) is 5.13 Å². The minimum atomic E-state index is -0.203. The molecule has 1 aliphatic rings. The highest BCUT2D eigenvalue weighted by Crippen LogP contribution is 2.32. The highest BCUT2D eigenvalue weighted by atomic mass is 35.5. The predicted octanol–water partition coefficient (Wildman–Crippen LogP) is 4.03.